The average Bonchev–Trinajstić information content (AvgIpc) is 3.12. The third-order valence-electron chi connectivity index (χ3n) is 3.49. The average molecular weight is 315 g/mol. The minimum atomic E-state index is -3.85. The van der Waals surface area contributed by atoms with Crippen LogP contribution in [-0.4, -0.2) is 46.4 Å². The lowest BCUT2D eigenvalue weighted by molar-refractivity contribution is -0.137. The van der Waals surface area contributed by atoms with Gasteiger partial charge < -0.3 is 9.67 Å². The van der Waals surface area contributed by atoms with Gasteiger partial charge in [0.05, 0.1) is 0 Å². The Hall–Kier alpha value is -1.41. The quantitative estimate of drug-likeness (QED) is 0.775. The Balaban J connectivity index is 2.27. The molecular formula is C13H21N3O4S. The minimum absolute atomic E-state index is 0.0599. The van der Waals surface area contributed by atoms with Crippen LogP contribution >= 0.6 is 0 Å². The van der Waals surface area contributed by atoms with Crippen molar-refractivity contribution in [3.63, 3.8) is 0 Å². The van der Waals surface area contributed by atoms with Crippen LogP contribution < -0.4 is 0 Å². The summed E-state index contributed by atoms with van der Waals surface area (Å²) in [5, 5.41) is 8.88. The molecule has 2 rings (SSSR count). The summed E-state index contributed by atoms with van der Waals surface area (Å²) in [6, 6.07) is 0. The topological polar surface area (TPSA) is 92.5 Å². The Morgan fingerprint density at radius 1 is 1.52 bits per heavy atom. The zero-order valence-electron chi connectivity index (χ0n) is 12.3. The van der Waals surface area contributed by atoms with Crippen molar-refractivity contribution < 1.29 is 18.3 Å². The number of carbonyl (C=O) groups is 1. The van der Waals surface area contributed by atoms with E-state index in [1.807, 2.05) is 6.92 Å². The number of aryl methyl sites for hydroxylation is 2. The molecule has 1 N–H and O–H groups in total. The van der Waals surface area contributed by atoms with E-state index in [4.69, 9.17) is 5.11 Å². The van der Waals surface area contributed by atoms with Gasteiger partial charge >= 0.3 is 5.97 Å². The van der Waals surface area contributed by atoms with Gasteiger partial charge in [0.2, 0.25) is 0 Å². The first-order valence-corrected chi connectivity index (χ1v) is 8.54. The molecule has 1 aromatic rings. The second-order valence-electron chi connectivity index (χ2n) is 5.45. The highest BCUT2D eigenvalue weighted by Crippen LogP contribution is 2.31. The van der Waals surface area contributed by atoms with Gasteiger partial charge in [-0.25, -0.2) is 13.4 Å². The van der Waals surface area contributed by atoms with E-state index >= 15 is 0 Å². The van der Waals surface area contributed by atoms with E-state index in [9.17, 15) is 13.2 Å². The highest BCUT2D eigenvalue weighted by atomic mass is 32.2. The van der Waals surface area contributed by atoms with Gasteiger partial charge in [-0.15, -0.1) is 0 Å². The second kappa shape index (κ2) is 6.15. The molecule has 0 aliphatic heterocycles. The normalized spacial score (nSPS) is 15.6. The number of rotatable bonds is 8. The van der Waals surface area contributed by atoms with Crippen LogP contribution in [0.15, 0.2) is 11.2 Å². The first-order chi connectivity index (χ1) is 9.84. The molecule has 1 fully saturated rings. The van der Waals surface area contributed by atoms with Gasteiger partial charge in [-0.2, -0.15) is 4.31 Å². The van der Waals surface area contributed by atoms with Crippen LogP contribution in [0.25, 0.3) is 0 Å². The smallest absolute Gasteiger partial charge is 0.318 e. The van der Waals surface area contributed by atoms with Crippen LogP contribution in [0.1, 0.15) is 32.0 Å². The third kappa shape index (κ3) is 3.82. The molecule has 1 aromatic heterocycles. The Bertz CT molecular complexity index is 619. The Labute approximate surface area is 124 Å². The first kappa shape index (κ1) is 16.0. The molecule has 0 saturated heterocycles. The number of imidazole rings is 1. The summed E-state index contributed by atoms with van der Waals surface area (Å²) < 4.78 is 28.0. The predicted octanol–water partition coefficient (Wildman–Crippen LogP) is 1.09. The van der Waals surface area contributed by atoms with Gasteiger partial charge in [-0.1, -0.05) is 6.92 Å². The van der Waals surface area contributed by atoms with E-state index < -0.39 is 22.5 Å². The minimum Gasteiger partial charge on any atom is -0.480 e. The maximum absolute atomic E-state index is 12.6. The molecule has 21 heavy (non-hydrogen) atoms. The number of carboxylic acid groups (broad SMARTS) is 1. The monoisotopic (exact) mass is 315 g/mol. The van der Waals surface area contributed by atoms with Crippen molar-refractivity contribution in [1.29, 1.82) is 0 Å². The van der Waals surface area contributed by atoms with Crippen molar-refractivity contribution in [2.45, 2.75) is 44.7 Å². The Morgan fingerprint density at radius 3 is 2.71 bits per heavy atom. The van der Waals surface area contributed by atoms with Crippen molar-refractivity contribution in [3.8, 4) is 0 Å². The summed E-state index contributed by atoms with van der Waals surface area (Å²) in [5.41, 5.74) is 0. The molecule has 0 bridgehead atoms. The number of aliphatic carboxylic acids is 1. The maximum atomic E-state index is 12.6. The molecule has 8 heteroatoms. The highest BCUT2D eigenvalue weighted by molar-refractivity contribution is 7.89. The molecule has 1 heterocycles. The van der Waals surface area contributed by atoms with Gasteiger partial charge in [0.25, 0.3) is 10.0 Å². The van der Waals surface area contributed by atoms with Gasteiger partial charge in [0, 0.05) is 19.3 Å². The number of nitrogens with zero attached hydrogens (tertiary/aromatic N) is 3. The standard InChI is InChI=1S/C13H21N3O4S/c1-3-6-15-8-12(14-10(15)2)21(19,20)16(9-13(17)18)7-11-4-5-11/h8,11H,3-7,9H2,1-2H3,(H,17,18). The molecule has 0 amide bonds. The molecule has 0 spiro atoms. The number of sulfonamides is 1. The fraction of sp³-hybridized carbons (Fsp3) is 0.692. The van der Waals surface area contributed by atoms with Gasteiger partial charge in [0.15, 0.2) is 5.03 Å². The first-order valence-electron chi connectivity index (χ1n) is 7.10. The molecule has 1 aliphatic rings. The molecule has 118 valence electrons. The van der Waals surface area contributed by atoms with Crippen LogP contribution in [0, 0.1) is 12.8 Å². The Morgan fingerprint density at radius 2 is 2.19 bits per heavy atom. The molecular weight excluding hydrogens is 294 g/mol. The zero-order valence-corrected chi connectivity index (χ0v) is 13.1. The highest BCUT2D eigenvalue weighted by Gasteiger charge is 2.34. The summed E-state index contributed by atoms with van der Waals surface area (Å²) in [6.45, 7) is 4.18. The fourth-order valence-electron chi connectivity index (χ4n) is 2.19. The summed E-state index contributed by atoms with van der Waals surface area (Å²) in [5.74, 6) is -0.251. The van der Waals surface area contributed by atoms with Crippen molar-refractivity contribution in [2.24, 2.45) is 5.92 Å². The summed E-state index contributed by atoms with van der Waals surface area (Å²) >= 11 is 0. The van der Waals surface area contributed by atoms with E-state index in [0.29, 0.717) is 12.4 Å². The van der Waals surface area contributed by atoms with E-state index in [1.165, 1.54) is 6.20 Å². The second-order valence-corrected chi connectivity index (χ2v) is 7.34. The van der Waals surface area contributed by atoms with E-state index in [-0.39, 0.29) is 17.5 Å². The maximum Gasteiger partial charge on any atom is 0.318 e. The van der Waals surface area contributed by atoms with Crippen molar-refractivity contribution in [3.05, 3.63) is 12.0 Å². The summed E-state index contributed by atoms with van der Waals surface area (Å²) in [7, 11) is -3.85. The van der Waals surface area contributed by atoms with Gasteiger partial charge in [0.1, 0.15) is 12.4 Å². The number of carboxylic acids is 1. The molecule has 0 unspecified atom stereocenters. The van der Waals surface area contributed by atoms with Crippen molar-refractivity contribution >= 4 is 16.0 Å². The lowest BCUT2D eigenvalue weighted by atomic mass is 10.4. The van der Waals surface area contributed by atoms with Crippen molar-refractivity contribution in [1.82, 2.24) is 13.9 Å². The van der Waals surface area contributed by atoms with Crippen LogP contribution in [-0.2, 0) is 21.4 Å². The van der Waals surface area contributed by atoms with Gasteiger partial charge in [-0.05, 0) is 32.1 Å². The van der Waals surface area contributed by atoms with E-state index in [2.05, 4.69) is 4.98 Å². The summed E-state index contributed by atoms with van der Waals surface area (Å²) in [4.78, 5) is 15.0. The number of aromatic nitrogens is 2. The molecule has 0 radical (unpaired) electrons. The van der Waals surface area contributed by atoms with Crippen LogP contribution in [0.4, 0.5) is 0 Å². The van der Waals surface area contributed by atoms with Crippen LogP contribution in [0.2, 0.25) is 0 Å². The lowest BCUT2D eigenvalue weighted by Crippen LogP contribution is -2.37. The zero-order chi connectivity index (χ0) is 15.6. The van der Waals surface area contributed by atoms with Gasteiger partial charge in [-0.3, -0.25) is 4.79 Å². The number of hydrogen-bond donors (Lipinski definition) is 1. The molecule has 1 saturated carbocycles. The van der Waals surface area contributed by atoms with E-state index in [0.717, 1.165) is 23.6 Å². The predicted molar refractivity (Wildman–Crippen MR) is 76.4 cm³/mol. The number of hydrogen-bond acceptors (Lipinski definition) is 4. The molecule has 0 aromatic carbocycles. The van der Waals surface area contributed by atoms with Crippen molar-refractivity contribution in [2.75, 3.05) is 13.1 Å². The van der Waals surface area contributed by atoms with Crippen LogP contribution in [0.3, 0.4) is 0 Å². The van der Waals surface area contributed by atoms with E-state index in [1.54, 1.807) is 11.5 Å². The molecule has 0 atom stereocenters. The fourth-order valence-corrected chi connectivity index (χ4v) is 3.65. The molecule has 7 nitrogen and oxygen atoms in total. The molecule has 1 aliphatic carbocycles. The third-order valence-corrected chi connectivity index (χ3v) is 5.18. The summed E-state index contributed by atoms with van der Waals surface area (Å²) in [6.07, 6.45) is 4.28. The SMILES string of the molecule is CCCn1cc(S(=O)(=O)N(CC(=O)O)CC2CC2)nc1C. The Kier molecular flexibility index (Phi) is 4.67. The van der Waals surface area contributed by atoms with Crippen LogP contribution in [0.5, 0.6) is 0 Å². The lowest BCUT2D eigenvalue weighted by Gasteiger charge is -2.18. The largest absolute Gasteiger partial charge is 0.480 e.